The van der Waals surface area contributed by atoms with E-state index in [0.29, 0.717) is 28.7 Å². The van der Waals surface area contributed by atoms with Crippen molar-refractivity contribution in [3.05, 3.63) is 22.2 Å². The molecular formula is C13H15BrN2O2. The fourth-order valence-corrected chi connectivity index (χ4v) is 2.74. The molecule has 0 unspecified atom stereocenters. The van der Waals surface area contributed by atoms with Gasteiger partial charge in [-0.3, -0.25) is 9.59 Å². The van der Waals surface area contributed by atoms with Crippen molar-refractivity contribution in [2.24, 2.45) is 5.92 Å². The lowest BCUT2D eigenvalue weighted by atomic mass is 9.97. The molecule has 1 heterocycles. The van der Waals surface area contributed by atoms with Crippen LogP contribution < -0.4 is 10.6 Å². The van der Waals surface area contributed by atoms with Crippen molar-refractivity contribution >= 4 is 39.1 Å². The Bertz CT molecular complexity index is 510. The van der Waals surface area contributed by atoms with Crippen LogP contribution >= 0.6 is 15.9 Å². The van der Waals surface area contributed by atoms with Gasteiger partial charge in [0.25, 0.3) is 0 Å². The number of imide groups is 1. The molecular weight excluding hydrogens is 296 g/mol. The third-order valence-electron chi connectivity index (χ3n) is 3.12. The van der Waals surface area contributed by atoms with Gasteiger partial charge < -0.3 is 5.73 Å². The minimum Gasteiger partial charge on any atom is -0.398 e. The fraction of sp³-hybridized carbons (Fsp3) is 0.385. The molecule has 0 atom stereocenters. The van der Waals surface area contributed by atoms with Crippen molar-refractivity contribution in [2.45, 2.75) is 26.7 Å². The molecule has 0 radical (unpaired) electrons. The van der Waals surface area contributed by atoms with Gasteiger partial charge in [-0.2, -0.15) is 0 Å². The molecule has 0 aromatic heterocycles. The van der Waals surface area contributed by atoms with Crippen molar-refractivity contribution in [3.63, 3.8) is 0 Å². The van der Waals surface area contributed by atoms with E-state index in [1.807, 2.05) is 19.9 Å². The molecule has 5 heteroatoms. The SMILES string of the molecule is Cc1cc(Br)c(N2C(=O)CC(C)CC2=O)cc1N. The van der Waals surface area contributed by atoms with Gasteiger partial charge in [0.05, 0.1) is 5.69 Å². The molecule has 2 N–H and O–H groups in total. The van der Waals surface area contributed by atoms with Crippen LogP contribution in [0.2, 0.25) is 0 Å². The number of nitrogens with two attached hydrogens (primary N) is 1. The highest BCUT2D eigenvalue weighted by Gasteiger charge is 2.32. The van der Waals surface area contributed by atoms with Crippen LogP contribution in [-0.2, 0) is 9.59 Å². The minimum atomic E-state index is -0.164. The number of amides is 2. The number of aryl methyl sites for hydroxylation is 1. The Labute approximate surface area is 114 Å². The van der Waals surface area contributed by atoms with Gasteiger partial charge in [-0.15, -0.1) is 0 Å². The lowest BCUT2D eigenvalue weighted by Crippen LogP contribution is -2.43. The predicted octanol–water partition coefficient (Wildman–Crippen LogP) is 2.63. The van der Waals surface area contributed by atoms with Crippen LogP contribution in [0.15, 0.2) is 16.6 Å². The highest BCUT2D eigenvalue weighted by atomic mass is 79.9. The maximum Gasteiger partial charge on any atom is 0.234 e. The Kier molecular flexibility index (Phi) is 3.43. The number of piperidine rings is 1. The van der Waals surface area contributed by atoms with Gasteiger partial charge >= 0.3 is 0 Å². The molecule has 4 nitrogen and oxygen atoms in total. The van der Waals surface area contributed by atoms with Crippen LogP contribution in [0.3, 0.4) is 0 Å². The molecule has 2 amide bonds. The first-order valence-electron chi connectivity index (χ1n) is 5.81. The molecule has 1 aliphatic rings. The summed E-state index contributed by atoms with van der Waals surface area (Å²) in [7, 11) is 0. The molecule has 1 aliphatic heterocycles. The van der Waals surface area contributed by atoms with E-state index in [2.05, 4.69) is 15.9 Å². The number of benzene rings is 1. The van der Waals surface area contributed by atoms with Crippen LogP contribution in [0.4, 0.5) is 11.4 Å². The summed E-state index contributed by atoms with van der Waals surface area (Å²) in [5.41, 5.74) is 7.88. The zero-order chi connectivity index (χ0) is 13.4. The number of carbonyl (C=O) groups excluding carboxylic acids is 2. The summed E-state index contributed by atoms with van der Waals surface area (Å²) in [6.07, 6.45) is 0.790. The Balaban J connectivity index is 2.45. The summed E-state index contributed by atoms with van der Waals surface area (Å²) in [5.74, 6) is -0.215. The van der Waals surface area contributed by atoms with Gasteiger partial charge in [0, 0.05) is 23.0 Å². The number of rotatable bonds is 1. The molecule has 96 valence electrons. The Morgan fingerprint density at radius 1 is 1.28 bits per heavy atom. The van der Waals surface area contributed by atoms with E-state index in [-0.39, 0.29) is 17.7 Å². The quantitative estimate of drug-likeness (QED) is 0.640. The highest BCUT2D eigenvalue weighted by molar-refractivity contribution is 9.10. The van der Waals surface area contributed by atoms with Crippen LogP contribution in [-0.4, -0.2) is 11.8 Å². The Morgan fingerprint density at radius 2 is 1.83 bits per heavy atom. The lowest BCUT2D eigenvalue weighted by Gasteiger charge is -2.29. The molecule has 0 aliphatic carbocycles. The van der Waals surface area contributed by atoms with Gasteiger partial charge in [0.1, 0.15) is 0 Å². The van der Waals surface area contributed by atoms with Gasteiger partial charge in [-0.1, -0.05) is 6.92 Å². The third kappa shape index (κ3) is 2.27. The average molecular weight is 311 g/mol. The van der Waals surface area contributed by atoms with Crippen molar-refractivity contribution in [1.29, 1.82) is 0 Å². The van der Waals surface area contributed by atoms with Crippen molar-refractivity contribution in [3.8, 4) is 0 Å². The molecule has 1 aromatic carbocycles. The lowest BCUT2D eigenvalue weighted by molar-refractivity contribution is -0.130. The molecule has 0 saturated carbocycles. The number of halogens is 1. The first-order chi connectivity index (χ1) is 8.40. The fourth-order valence-electron chi connectivity index (χ4n) is 2.11. The maximum absolute atomic E-state index is 12.0. The summed E-state index contributed by atoms with van der Waals surface area (Å²) in [6.45, 7) is 3.79. The molecule has 1 fully saturated rings. The first-order valence-corrected chi connectivity index (χ1v) is 6.61. The first kappa shape index (κ1) is 13.1. The normalized spacial score (nSPS) is 17.4. The molecule has 18 heavy (non-hydrogen) atoms. The molecule has 0 spiro atoms. The van der Waals surface area contributed by atoms with Gasteiger partial charge in [-0.05, 0) is 46.5 Å². The largest absolute Gasteiger partial charge is 0.398 e. The second-order valence-corrected chi connectivity index (χ2v) is 5.65. The van der Waals surface area contributed by atoms with Crippen LogP contribution in [0.5, 0.6) is 0 Å². The average Bonchev–Trinajstić information content (AvgIpc) is 2.24. The van der Waals surface area contributed by atoms with E-state index >= 15 is 0 Å². The molecule has 0 bridgehead atoms. The summed E-state index contributed by atoms with van der Waals surface area (Å²) >= 11 is 3.39. The van der Waals surface area contributed by atoms with Crippen LogP contribution in [0.1, 0.15) is 25.3 Å². The highest BCUT2D eigenvalue weighted by Crippen LogP contribution is 2.34. The number of nitrogens with zero attached hydrogens (tertiary/aromatic N) is 1. The smallest absolute Gasteiger partial charge is 0.234 e. The Morgan fingerprint density at radius 3 is 2.39 bits per heavy atom. The third-order valence-corrected chi connectivity index (χ3v) is 3.76. The van der Waals surface area contributed by atoms with E-state index in [9.17, 15) is 9.59 Å². The Hall–Kier alpha value is -1.36. The van der Waals surface area contributed by atoms with E-state index in [1.54, 1.807) is 6.07 Å². The number of carbonyl (C=O) groups is 2. The molecule has 1 aromatic rings. The van der Waals surface area contributed by atoms with E-state index < -0.39 is 0 Å². The maximum atomic E-state index is 12.0. The van der Waals surface area contributed by atoms with Crippen molar-refractivity contribution in [2.75, 3.05) is 10.6 Å². The van der Waals surface area contributed by atoms with Crippen molar-refractivity contribution < 1.29 is 9.59 Å². The predicted molar refractivity (Wildman–Crippen MR) is 74.2 cm³/mol. The number of nitrogen functional groups attached to an aromatic ring is 1. The topological polar surface area (TPSA) is 63.4 Å². The zero-order valence-electron chi connectivity index (χ0n) is 10.4. The second-order valence-electron chi connectivity index (χ2n) is 4.80. The van der Waals surface area contributed by atoms with Crippen LogP contribution in [0, 0.1) is 12.8 Å². The summed E-state index contributed by atoms with van der Waals surface area (Å²) < 4.78 is 0.713. The second kappa shape index (κ2) is 4.72. The zero-order valence-corrected chi connectivity index (χ0v) is 12.0. The van der Waals surface area contributed by atoms with Gasteiger partial charge in [-0.25, -0.2) is 4.90 Å². The standard InChI is InChI=1S/C13H15BrN2O2/c1-7-3-12(17)16(13(18)4-7)11-6-10(15)8(2)5-9(11)14/h5-7H,3-4,15H2,1-2H3. The van der Waals surface area contributed by atoms with E-state index in [0.717, 1.165) is 5.56 Å². The number of hydrogen-bond acceptors (Lipinski definition) is 3. The molecule has 1 saturated heterocycles. The van der Waals surface area contributed by atoms with E-state index in [4.69, 9.17) is 5.73 Å². The van der Waals surface area contributed by atoms with Crippen LogP contribution in [0.25, 0.3) is 0 Å². The monoisotopic (exact) mass is 310 g/mol. The van der Waals surface area contributed by atoms with Gasteiger partial charge in [0.2, 0.25) is 11.8 Å². The number of hydrogen-bond donors (Lipinski definition) is 1. The summed E-state index contributed by atoms with van der Waals surface area (Å²) in [4.78, 5) is 25.3. The van der Waals surface area contributed by atoms with E-state index in [1.165, 1.54) is 4.90 Å². The minimum absolute atomic E-state index is 0.114. The van der Waals surface area contributed by atoms with Crippen molar-refractivity contribution in [1.82, 2.24) is 0 Å². The summed E-state index contributed by atoms with van der Waals surface area (Å²) in [5, 5.41) is 0. The summed E-state index contributed by atoms with van der Waals surface area (Å²) in [6, 6.07) is 3.49. The van der Waals surface area contributed by atoms with Gasteiger partial charge in [0.15, 0.2) is 0 Å². The number of anilines is 2. The molecule has 2 rings (SSSR count).